The second-order valence-corrected chi connectivity index (χ2v) is 9.48. The number of hydrogen-bond donors (Lipinski definition) is 0. The maximum Gasteiger partial charge on any atom is 0.266 e. The second kappa shape index (κ2) is 11.5. The van der Waals surface area contributed by atoms with Crippen molar-refractivity contribution >= 4 is 28.4 Å². The molecule has 4 rings (SSSR count). The van der Waals surface area contributed by atoms with E-state index < -0.39 is 11.4 Å². The Morgan fingerprint density at radius 3 is 2.31 bits per heavy atom. The summed E-state index contributed by atoms with van der Waals surface area (Å²) in [6.07, 6.45) is 2.34. The van der Waals surface area contributed by atoms with Gasteiger partial charge in [0.1, 0.15) is 11.2 Å². The number of amides is 1. The van der Waals surface area contributed by atoms with Crippen LogP contribution in [0, 0.1) is 6.92 Å². The maximum atomic E-state index is 13.8. The van der Waals surface area contributed by atoms with Crippen LogP contribution < -0.4 is 5.56 Å². The molecule has 0 bridgehead atoms. The minimum Gasteiger partial charge on any atom is -0.331 e. The highest BCUT2D eigenvalue weighted by atomic mass is 35.5. The fourth-order valence-corrected chi connectivity index (χ4v) is 4.79. The average molecular weight is 502 g/mol. The van der Waals surface area contributed by atoms with Crippen molar-refractivity contribution in [1.29, 1.82) is 0 Å². The Bertz CT molecular complexity index is 1380. The van der Waals surface area contributed by atoms with E-state index in [1.807, 2.05) is 91.5 Å². The van der Waals surface area contributed by atoms with Crippen LogP contribution in [-0.2, 0) is 4.79 Å². The van der Waals surface area contributed by atoms with Crippen molar-refractivity contribution in [2.45, 2.75) is 51.5 Å². The first kappa shape index (κ1) is 25.6. The van der Waals surface area contributed by atoms with E-state index in [9.17, 15) is 9.59 Å². The van der Waals surface area contributed by atoms with Crippen molar-refractivity contribution in [1.82, 2.24) is 14.5 Å². The molecule has 1 aromatic heterocycles. The third kappa shape index (κ3) is 5.21. The molecule has 2 unspecified atom stereocenters. The van der Waals surface area contributed by atoms with E-state index in [0.29, 0.717) is 29.7 Å². The zero-order chi connectivity index (χ0) is 25.7. The van der Waals surface area contributed by atoms with E-state index in [4.69, 9.17) is 16.6 Å². The minimum absolute atomic E-state index is 0.147. The Balaban J connectivity index is 1.90. The first-order valence-corrected chi connectivity index (χ1v) is 13.0. The number of carbonyl (C=O) groups excluding carboxylic acids is 1. The number of benzene rings is 3. The topological polar surface area (TPSA) is 55.2 Å². The molecule has 1 heterocycles. The second-order valence-electron chi connectivity index (χ2n) is 9.05. The molecule has 0 radical (unpaired) electrons. The molecule has 0 saturated heterocycles. The molecule has 4 aromatic rings. The van der Waals surface area contributed by atoms with Gasteiger partial charge in [0.15, 0.2) is 0 Å². The van der Waals surface area contributed by atoms with Gasteiger partial charge in [0.05, 0.1) is 22.6 Å². The molecule has 2 atom stereocenters. The fourth-order valence-electron chi connectivity index (χ4n) is 4.52. The monoisotopic (exact) mass is 501 g/mol. The number of para-hydroxylation sites is 1. The summed E-state index contributed by atoms with van der Waals surface area (Å²) in [5.41, 5.74) is 3.05. The van der Waals surface area contributed by atoms with Crippen molar-refractivity contribution in [2.75, 3.05) is 6.54 Å². The number of halogens is 1. The lowest BCUT2D eigenvalue weighted by molar-refractivity contribution is -0.133. The van der Waals surface area contributed by atoms with Crippen molar-refractivity contribution in [3.63, 3.8) is 0 Å². The van der Waals surface area contributed by atoms with Gasteiger partial charge in [0.25, 0.3) is 5.56 Å². The Labute approximate surface area is 217 Å². The standard InChI is InChI=1S/C30H32ClN3O2/c1-4-6-20-33(30(36)27(31)22-12-8-7-9-13-22)26(5-2)28-32-25-15-11-10-14-24(25)29(35)34(28)23-18-16-21(3)17-19-23/h7-19,26-27H,4-6,20H2,1-3H3. The number of fused-ring (bicyclic) bond motifs is 1. The van der Waals surface area contributed by atoms with Crippen LogP contribution in [-0.4, -0.2) is 26.9 Å². The third-order valence-electron chi connectivity index (χ3n) is 6.50. The summed E-state index contributed by atoms with van der Waals surface area (Å²) in [4.78, 5) is 34.4. The Kier molecular flexibility index (Phi) is 8.21. The maximum absolute atomic E-state index is 13.8. The fraction of sp³-hybridized carbons (Fsp3) is 0.300. The van der Waals surface area contributed by atoms with Crippen LogP contribution in [0.2, 0.25) is 0 Å². The normalized spacial score (nSPS) is 12.9. The highest BCUT2D eigenvalue weighted by Crippen LogP contribution is 2.31. The molecule has 0 aliphatic heterocycles. The molecule has 186 valence electrons. The summed E-state index contributed by atoms with van der Waals surface area (Å²) in [5.74, 6) is 0.368. The van der Waals surface area contributed by atoms with Crippen LogP contribution in [0.5, 0.6) is 0 Å². The number of unbranched alkanes of at least 4 members (excludes halogenated alkanes) is 1. The lowest BCUT2D eigenvalue weighted by atomic mass is 10.1. The number of nitrogens with zero attached hydrogens (tertiary/aromatic N) is 3. The summed E-state index contributed by atoms with van der Waals surface area (Å²) in [5, 5.41) is -0.278. The van der Waals surface area contributed by atoms with Gasteiger partial charge in [-0.25, -0.2) is 4.98 Å². The summed E-state index contributed by atoms with van der Waals surface area (Å²) in [6.45, 7) is 6.65. The van der Waals surface area contributed by atoms with E-state index in [1.165, 1.54) is 0 Å². The van der Waals surface area contributed by atoms with Crippen molar-refractivity contribution < 1.29 is 4.79 Å². The summed E-state index contributed by atoms with van der Waals surface area (Å²) < 4.78 is 1.66. The first-order chi connectivity index (χ1) is 17.5. The number of alkyl halides is 1. The van der Waals surface area contributed by atoms with Gasteiger partial charge in [-0.1, -0.05) is 80.4 Å². The number of hydrogen-bond acceptors (Lipinski definition) is 3. The van der Waals surface area contributed by atoms with Crippen molar-refractivity contribution in [2.24, 2.45) is 0 Å². The van der Waals surface area contributed by atoms with E-state index in [-0.39, 0.29) is 11.5 Å². The SMILES string of the molecule is CCCCN(C(=O)C(Cl)c1ccccc1)C(CC)c1nc2ccccc2c(=O)n1-c1ccc(C)cc1. The highest BCUT2D eigenvalue weighted by Gasteiger charge is 2.32. The molecular formula is C30H32ClN3O2. The first-order valence-electron chi connectivity index (χ1n) is 12.5. The smallest absolute Gasteiger partial charge is 0.266 e. The molecule has 36 heavy (non-hydrogen) atoms. The summed E-state index contributed by atoms with van der Waals surface area (Å²) in [7, 11) is 0. The quantitative estimate of drug-likeness (QED) is 0.238. The zero-order valence-electron chi connectivity index (χ0n) is 21.0. The lowest BCUT2D eigenvalue weighted by Crippen LogP contribution is -2.40. The van der Waals surface area contributed by atoms with Crippen LogP contribution in [0.15, 0.2) is 83.7 Å². The number of rotatable bonds is 9. The molecule has 0 aliphatic rings. The summed E-state index contributed by atoms with van der Waals surface area (Å²) in [6, 6.07) is 24.1. The molecule has 6 heteroatoms. The van der Waals surface area contributed by atoms with E-state index in [2.05, 4.69) is 6.92 Å². The van der Waals surface area contributed by atoms with E-state index >= 15 is 0 Å². The Morgan fingerprint density at radius 2 is 1.64 bits per heavy atom. The van der Waals surface area contributed by atoms with Gasteiger partial charge in [0.2, 0.25) is 5.91 Å². The third-order valence-corrected chi connectivity index (χ3v) is 6.94. The van der Waals surface area contributed by atoms with Crippen LogP contribution in [0.4, 0.5) is 0 Å². The van der Waals surface area contributed by atoms with Gasteiger partial charge in [-0.05, 0) is 49.6 Å². The molecule has 3 aromatic carbocycles. The number of aryl methyl sites for hydroxylation is 1. The Hall–Kier alpha value is -3.44. The molecule has 0 aliphatic carbocycles. The van der Waals surface area contributed by atoms with E-state index in [1.54, 1.807) is 10.6 Å². The van der Waals surface area contributed by atoms with Gasteiger partial charge in [-0.15, -0.1) is 11.6 Å². The van der Waals surface area contributed by atoms with Crippen LogP contribution >= 0.6 is 11.6 Å². The molecule has 0 fully saturated rings. The largest absolute Gasteiger partial charge is 0.331 e. The Morgan fingerprint density at radius 1 is 0.972 bits per heavy atom. The number of aromatic nitrogens is 2. The molecule has 0 N–H and O–H groups in total. The highest BCUT2D eigenvalue weighted by molar-refractivity contribution is 6.30. The molecule has 0 spiro atoms. The van der Waals surface area contributed by atoms with Gasteiger partial charge in [-0.2, -0.15) is 0 Å². The summed E-state index contributed by atoms with van der Waals surface area (Å²) >= 11 is 6.74. The van der Waals surface area contributed by atoms with E-state index in [0.717, 1.165) is 29.7 Å². The van der Waals surface area contributed by atoms with Crippen LogP contribution in [0.3, 0.4) is 0 Å². The predicted molar refractivity (Wildman–Crippen MR) is 147 cm³/mol. The van der Waals surface area contributed by atoms with Crippen molar-refractivity contribution in [3.05, 3.63) is 106 Å². The van der Waals surface area contributed by atoms with Gasteiger partial charge in [-0.3, -0.25) is 14.2 Å². The lowest BCUT2D eigenvalue weighted by Gasteiger charge is -2.33. The number of carbonyl (C=O) groups is 1. The van der Waals surface area contributed by atoms with Crippen molar-refractivity contribution in [3.8, 4) is 5.69 Å². The zero-order valence-corrected chi connectivity index (χ0v) is 21.8. The molecule has 1 amide bonds. The molecular weight excluding hydrogens is 470 g/mol. The van der Waals surface area contributed by atoms with Gasteiger partial charge >= 0.3 is 0 Å². The van der Waals surface area contributed by atoms with Crippen LogP contribution in [0.25, 0.3) is 16.6 Å². The molecule has 5 nitrogen and oxygen atoms in total. The molecule has 0 saturated carbocycles. The van der Waals surface area contributed by atoms with Gasteiger partial charge < -0.3 is 4.90 Å². The predicted octanol–water partition coefficient (Wildman–Crippen LogP) is 6.75. The van der Waals surface area contributed by atoms with Gasteiger partial charge in [0, 0.05) is 6.54 Å². The average Bonchev–Trinajstić information content (AvgIpc) is 2.91. The minimum atomic E-state index is -0.822. The van der Waals surface area contributed by atoms with Crippen LogP contribution in [0.1, 0.15) is 61.5 Å².